The second-order valence-corrected chi connectivity index (χ2v) is 10.7. The van der Waals surface area contributed by atoms with Crippen LogP contribution in [0.15, 0.2) is 18.5 Å². The van der Waals surface area contributed by atoms with Gasteiger partial charge in [-0.05, 0) is 63.0 Å². The highest BCUT2D eigenvalue weighted by Gasteiger charge is 2.16. The molecule has 3 nitrogen and oxygen atoms in total. The third-order valence-electron chi connectivity index (χ3n) is 7.32. The summed E-state index contributed by atoms with van der Waals surface area (Å²) in [5, 5.41) is 0. The van der Waals surface area contributed by atoms with E-state index in [-0.39, 0.29) is 0 Å². The zero-order valence-corrected chi connectivity index (χ0v) is 24.2. The zero-order valence-electron chi connectivity index (χ0n) is 24.2. The molecule has 0 amide bonds. The van der Waals surface area contributed by atoms with Crippen LogP contribution < -0.4 is 0 Å². The van der Waals surface area contributed by atoms with Gasteiger partial charge in [0.15, 0.2) is 0 Å². The number of aromatic nitrogens is 3. The van der Waals surface area contributed by atoms with Crippen LogP contribution in [0.25, 0.3) is 11.3 Å². The van der Waals surface area contributed by atoms with Crippen LogP contribution in [0.1, 0.15) is 153 Å². The molecule has 0 bridgehead atoms. The molecule has 0 aromatic carbocycles. The molecule has 2 heterocycles. The van der Waals surface area contributed by atoms with Gasteiger partial charge in [-0.25, -0.2) is 4.98 Å². The first-order valence-electron chi connectivity index (χ1n) is 15.6. The second kappa shape index (κ2) is 19.4. The largest absolute Gasteiger partial charge is 0.260 e. The molecule has 0 spiro atoms. The average Bonchev–Trinajstić information content (AvgIpc) is 2.90. The van der Waals surface area contributed by atoms with Crippen molar-refractivity contribution in [3.63, 3.8) is 0 Å². The summed E-state index contributed by atoms with van der Waals surface area (Å²) in [5.74, 6) is 0. The highest BCUT2D eigenvalue weighted by atomic mass is 14.8. The molecule has 2 rings (SSSR count). The minimum Gasteiger partial charge on any atom is -0.260 e. The lowest BCUT2D eigenvalue weighted by Gasteiger charge is -2.15. The SMILES string of the molecule is CCCCCCc1cnc(CCCCCC)c(-c2nc(CCCCCC)cnc2CCCCCC)c1. The third kappa shape index (κ3) is 11.5. The molecule has 0 atom stereocenters. The minimum absolute atomic E-state index is 1.02. The predicted molar refractivity (Wildman–Crippen MR) is 157 cm³/mol. The Labute approximate surface area is 223 Å². The smallest absolute Gasteiger partial charge is 0.0939 e. The van der Waals surface area contributed by atoms with E-state index in [0.717, 1.165) is 37.1 Å². The Morgan fingerprint density at radius 1 is 0.500 bits per heavy atom. The van der Waals surface area contributed by atoms with Crippen molar-refractivity contribution in [3.05, 3.63) is 41.1 Å². The fraction of sp³-hybridized carbons (Fsp3) is 0.727. The molecule has 0 aliphatic heterocycles. The number of hydrogen-bond acceptors (Lipinski definition) is 3. The minimum atomic E-state index is 1.02. The Hall–Kier alpha value is -1.77. The van der Waals surface area contributed by atoms with Gasteiger partial charge in [0, 0.05) is 23.7 Å². The highest BCUT2D eigenvalue weighted by Crippen LogP contribution is 2.28. The van der Waals surface area contributed by atoms with Crippen LogP contribution in [0.3, 0.4) is 0 Å². The monoisotopic (exact) mass is 493 g/mol. The third-order valence-corrected chi connectivity index (χ3v) is 7.32. The molecule has 0 aliphatic carbocycles. The van der Waals surface area contributed by atoms with Crippen LogP contribution in [0, 0.1) is 0 Å². The predicted octanol–water partition coefficient (Wildman–Crippen LogP) is 10.0. The van der Waals surface area contributed by atoms with E-state index in [4.69, 9.17) is 15.0 Å². The Balaban J connectivity index is 2.35. The van der Waals surface area contributed by atoms with Crippen molar-refractivity contribution in [2.75, 3.05) is 0 Å². The summed E-state index contributed by atoms with van der Waals surface area (Å²) in [6.07, 6.45) is 28.7. The number of pyridine rings is 1. The van der Waals surface area contributed by atoms with Crippen molar-refractivity contribution in [2.24, 2.45) is 0 Å². The highest BCUT2D eigenvalue weighted by molar-refractivity contribution is 5.65. The van der Waals surface area contributed by atoms with E-state index >= 15 is 0 Å². The maximum absolute atomic E-state index is 5.29. The Bertz CT molecular complexity index is 760. The first-order chi connectivity index (χ1) is 17.7. The van der Waals surface area contributed by atoms with Crippen molar-refractivity contribution < 1.29 is 0 Å². The molecule has 0 N–H and O–H groups in total. The van der Waals surface area contributed by atoms with Gasteiger partial charge < -0.3 is 0 Å². The molecular weight excluding hydrogens is 438 g/mol. The molecule has 2 aromatic heterocycles. The lowest BCUT2D eigenvalue weighted by atomic mass is 9.97. The summed E-state index contributed by atoms with van der Waals surface area (Å²) in [7, 11) is 0. The number of aryl methyl sites for hydroxylation is 4. The fourth-order valence-electron chi connectivity index (χ4n) is 4.97. The number of nitrogens with zero attached hydrogens (tertiary/aromatic N) is 3. The van der Waals surface area contributed by atoms with Crippen LogP contribution in [0.5, 0.6) is 0 Å². The summed E-state index contributed by atoms with van der Waals surface area (Å²) in [4.78, 5) is 15.4. The molecule has 0 unspecified atom stereocenters. The van der Waals surface area contributed by atoms with E-state index in [2.05, 4.69) is 46.2 Å². The lowest BCUT2D eigenvalue weighted by Crippen LogP contribution is -2.06. The zero-order chi connectivity index (χ0) is 25.8. The molecule has 0 fully saturated rings. The van der Waals surface area contributed by atoms with Crippen molar-refractivity contribution in [2.45, 2.75) is 156 Å². The maximum Gasteiger partial charge on any atom is 0.0939 e. The van der Waals surface area contributed by atoms with E-state index in [0.29, 0.717) is 0 Å². The standard InChI is InChI=1S/C33H55N3/c1-5-9-13-17-21-28-25-30(31(34-26-28)23-19-15-11-7-3)33-32(24-20-16-12-8-4)35-27-29(36-33)22-18-14-10-6-2/h25-27H,5-24H2,1-4H3. The summed E-state index contributed by atoms with van der Waals surface area (Å²) in [5.41, 5.74) is 7.34. The van der Waals surface area contributed by atoms with Crippen LogP contribution >= 0.6 is 0 Å². The van der Waals surface area contributed by atoms with E-state index in [1.54, 1.807) is 0 Å². The molecular formula is C33H55N3. The van der Waals surface area contributed by atoms with Crippen LogP contribution in [0.4, 0.5) is 0 Å². The molecule has 202 valence electrons. The van der Waals surface area contributed by atoms with E-state index < -0.39 is 0 Å². The van der Waals surface area contributed by atoms with Crippen LogP contribution in [-0.2, 0) is 25.7 Å². The van der Waals surface area contributed by atoms with E-state index in [9.17, 15) is 0 Å². The van der Waals surface area contributed by atoms with E-state index in [1.165, 1.54) is 125 Å². The molecule has 3 heteroatoms. The Kier molecular flexibility index (Phi) is 16.4. The van der Waals surface area contributed by atoms with Crippen LogP contribution in [-0.4, -0.2) is 15.0 Å². The molecule has 0 aliphatic rings. The van der Waals surface area contributed by atoms with Crippen molar-refractivity contribution in [1.82, 2.24) is 15.0 Å². The Morgan fingerprint density at radius 2 is 1.00 bits per heavy atom. The fourth-order valence-corrected chi connectivity index (χ4v) is 4.97. The van der Waals surface area contributed by atoms with Gasteiger partial charge in [0.05, 0.1) is 17.1 Å². The van der Waals surface area contributed by atoms with E-state index in [1.807, 2.05) is 0 Å². The Morgan fingerprint density at radius 3 is 1.58 bits per heavy atom. The number of unbranched alkanes of at least 4 members (excludes halogenated alkanes) is 12. The first-order valence-corrected chi connectivity index (χ1v) is 15.6. The number of rotatable bonds is 21. The van der Waals surface area contributed by atoms with Gasteiger partial charge in [-0.2, -0.15) is 0 Å². The molecule has 2 aromatic rings. The van der Waals surface area contributed by atoms with Crippen molar-refractivity contribution in [1.29, 1.82) is 0 Å². The molecule has 36 heavy (non-hydrogen) atoms. The quantitative estimate of drug-likeness (QED) is 0.162. The van der Waals surface area contributed by atoms with Gasteiger partial charge in [0.1, 0.15) is 0 Å². The summed E-state index contributed by atoms with van der Waals surface area (Å²) in [6.45, 7) is 9.11. The topological polar surface area (TPSA) is 38.7 Å². The summed E-state index contributed by atoms with van der Waals surface area (Å²) < 4.78 is 0. The molecule has 0 radical (unpaired) electrons. The second-order valence-electron chi connectivity index (χ2n) is 10.7. The first kappa shape index (κ1) is 30.5. The van der Waals surface area contributed by atoms with Crippen molar-refractivity contribution in [3.8, 4) is 11.3 Å². The van der Waals surface area contributed by atoms with Crippen molar-refractivity contribution >= 4 is 0 Å². The van der Waals surface area contributed by atoms with Crippen LogP contribution in [0.2, 0.25) is 0 Å². The van der Waals surface area contributed by atoms with Gasteiger partial charge >= 0.3 is 0 Å². The normalized spacial score (nSPS) is 11.3. The summed E-state index contributed by atoms with van der Waals surface area (Å²) in [6, 6.07) is 2.43. The lowest BCUT2D eigenvalue weighted by molar-refractivity contribution is 0.649. The van der Waals surface area contributed by atoms with Gasteiger partial charge in [-0.15, -0.1) is 0 Å². The maximum atomic E-state index is 5.29. The molecule has 0 saturated carbocycles. The average molecular weight is 494 g/mol. The number of hydrogen-bond donors (Lipinski definition) is 0. The van der Waals surface area contributed by atoms with Gasteiger partial charge in [0.25, 0.3) is 0 Å². The van der Waals surface area contributed by atoms with Gasteiger partial charge in [0.2, 0.25) is 0 Å². The van der Waals surface area contributed by atoms with Gasteiger partial charge in [-0.1, -0.05) is 105 Å². The summed E-state index contributed by atoms with van der Waals surface area (Å²) >= 11 is 0. The molecule has 0 saturated heterocycles. The van der Waals surface area contributed by atoms with Gasteiger partial charge in [-0.3, -0.25) is 9.97 Å².